The Bertz CT molecular complexity index is 2120. The number of carbonyl (C=O) groups is 1. The molecule has 0 aromatic heterocycles. The van der Waals surface area contributed by atoms with E-state index in [9.17, 15) is 35.2 Å². The number of fused-ring (bicyclic) bond motifs is 2. The van der Waals surface area contributed by atoms with Crippen LogP contribution in [0.1, 0.15) is 74.8 Å². The first kappa shape index (κ1) is 42.5. The van der Waals surface area contributed by atoms with Gasteiger partial charge in [0, 0.05) is 62.3 Å². The lowest BCUT2D eigenvalue weighted by Gasteiger charge is -2.59. The molecule has 3 aliphatic carbocycles. The molecule has 0 radical (unpaired) electrons. The second kappa shape index (κ2) is 18.7. The van der Waals surface area contributed by atoms with Crippen molar-refractivity contribution in [1.29, 1.82) is 0 Å². The number of likely N-dealkylation sites (N-methyl/N-ethyl adjacent to an activating group) is 1. The third kappa shape index (κ3) is 8.93. The SMILES string of the molecule is C=CCO[C@@]12Oc3ccc(Oc4cccc([N+](=O)[O-])c4)cc3[C@H]3[C@H](CCCCO)[C@@H](CCCCO)C=C(C(=NOCc4ccc([N+](=O)[O-])cc4)C[C@@H]1N(C)C(=O)C1CC1)[C@H]32. The van der Waals surface area contributed by atoms with Gasteiger partial charge in [0.2, 0.25) is 11.7 Å². The summed E-state index contributed by atoms with van der Waals surface area (Å²) in [7, 11) is 1.79. The molecule has 2 fully saturated rings. The molecule has 7 rings (SSSR count). The van der Waals surface area contributed by atoms with E-state index >= 15 is 0 Å². The lowest BCUT2D eigenvalue weighted by Crippen LogP contribution is -2.69. The first-order valence-corrected chi connectivity index (χ1v) is 20.7. The highest BCUT2D eigenvalue weighted by molar-refractivity contribution is 6.03. The molecule has 1 amide bonds. The number of aliphatic hydroxyl groups excluding tert-OH is 2. The van der Waals surface area contributed by atoms with E-state index in [2.05, 4.69) is 12.7 Å². The maximum Gasteiger partial charge on any atom is 0.273 e. The van der Waals surface area contributed by atoms with Crippen LogP contribution in [0.5, 0.6) is 17.2 Å². The van der Waals surface area contributed by atoms with Crippen LogP contribution in [-0.4, -0.2) is 75.3 Å². The van der Waals surface area contributed by atoms with Crippen molar-refractivity contribution in [2.45, 2.75) is 82.1 Å². The minimum atomic E-state index is -1.40. The Balaban J connectivity index is 1.38. The van der Waals surface area contributed by atoms with Gasteiger partial charge >= 0.3 is 0 Å². The largest absolute Gasteiger partial charge is 0.459 e. The third-order valence-corrected chi connectivity index (χ3v) is 12.2. The number of aliphatic hydroxyl groups is 2. The molecule has 2 N–H and O–H groups in total. The number of nitrogens with zero attached hydrogens (tertiary/aromatic N) is 4. The number of non-ortho nitro benzene ring substituents is 2. The molecule has 3 aromatic carbocycles. The number of unbranched alkanes of at least 4 members (excludes halogenated alkanes) is 2. The fourth-order valence-electron chi connectivity index (χ4n) is 9.26. The van der Waals surface area contributed by atoms with Gasteiger partial charge in [-0.05, 0) is 97.9 Å². The van der Waals surface area contributed by atoms with Gasteiger partial charge < -0.3 is 34.2 Å². The summed E-state index contributed by atoms with van der Waals surface area (Å²) in [6, 6.07) is 16.9. The molecule has 0 unspecified atom stereocenters. The highest BCUT2D eigenvalue weighted by Crippen LogP contribution is 2.62. The van der Waals surface area contributed by atoms with E-state index in [1.54, 1.807) is 48.4 Å². The van der Waals surface area contributed by atoms with Crippen LogP contribution in [0, 0.1) is 43.9 Å². The molecule has 1 aliphatic heterocycles. The quantitative estimate of drug-likeness (QED) is 0.0485. The third-order valence-electron chi connectivity index (χ3n) is 12.2. The average Bonchev–Trinajstić information content (AvgIpc) is 4.10. The van der Waals surface area contributed by atoms with E-state index in [1.165, 1.54) is 24.3 Å². The van der Waals surface area contributed by atoms with Gasteiger partial charge in [0.1, 0.15) is 29.9 Å². The zero-order chi connectivity index (χ0) is 42.4. The summed E-state index contributed by atoms with van der Waals surface area (Å²) >= 11 is 0. The number of rotatable bonds is 20. The van der Waals surface area contributed by atoms with Crippen LogP contribution in [0.3, 0.4) is 0 Å². The molecule has 4 aliphatic rings. The van der Waals surface area contributed by atoms with Crippen molar-refractivity contribution in [3.63, 3.8) is 0 Å². The number of allylic oxidation sites excluding steroid dienone is 1. The first-order chi connectivity index (χ1) is 29.1. The van der Waals surface area contributed by atoms with E-state index in [4.69, 9.17) is 24.2 Å². The lowest BCUT2D eigenvalue weighted by molar-refractivity contribution is -0.385. The van der Waals surface area contributed by atoms with Gasteiger partial charge in [0.05, 0.1) is 34.1 Å². The maximum absolute atomic E-state index is 14.0. The molecule has 60 heavy (non-hydrogen) atoms. The Hall–Kier alpha value is -5.64. The molecule has 3 aromatic rings. The maximum atomic E-state index is 14.0. The van der Waals surface area contributed by atoms with Crippen molar-refractivity contribution >= 4 is 23.0 Å². The van der Waals surface area contributed by atoms with E-state index in [1.807, 2.05) is 12.1 Å². The van der Waals surface area contributed by atoms with E-state index in [-0.39, 0.29) is 73.8 Å². The van der Waals surface area contributed by atoms with Crippen molar-refractivity contribution in [1.82, 2.24) is 4.90 Å². The van der Waals surface area contributed by atoms with Crippen molar-refractivity contribution in [2.24, 2.45) is 28.8 Å². The van der Waals surface area contributed by atoms with Crippen molar-refractivity contribution in [3.05, 3.63) is 122 Å². The highest BCUT2D eigenvalue weighted by atomic mass is 16.7. The summed E-state index contributed by atoms with van der Waals surface area (Å²) in [6.07, 6.45) is 9.99. The van der Waals surface area contributed by atoms with Crippen LogP contribution in [-0.2, 0) is 21.0 Å². The Kier molecular flexibility index (Phi) is 13.3. The van der Waals surface area contributed by atoms with E-state index in [0.717, 1.165) is 49.7 Å². The number of ether oxygens (including phenoxy) is 3. The number of oxime groups is 1. The number of hydrogen-bond donors (Lipinski definition) is 2. The van der Waals surface area contributed by atoms with Gasteiger partial charge in [0.25, 0.3) is 11.4 Å². The molecule has 15 nitrogen and oxygen atoms in total. The summed E-state index contributed by atoms with van der Waals surface area (Å²) in [4.78, 5) is 43.8. The smallest absolute Gasteiger partial charge is 0.273 e. The fourth-order valence-corrected chi connectivity index (χ4v) is 9.26. The van der Waals surface area contributed by atoms with Crippen LogP contribution in [0.15, 0.2) is 96.2 Å². The number of nitro benzene ring substituents is 2. The molecule has 0 bridgehead atoms. The van der Waals surface area contributed by atoms with Gasteiger partial charge in [-0.3, -0.25) is 25.0 Å². The second-order valence-corrected chi connectivity index (χ2v) is 16.0. The number of amides is 1. The molecule has 6 atom stereocenters. The predicted octanol–water partition coefficient (Wildman–Crippen LogP) is 8.00. The van der Waals surface area contributed by atoms with Crippen LogP contribution in [0.4, 0.5) is 11.4 Å². The van der Waals surface area contributed by atoms with Crippen LogP contribution in [0.25, 0.3) is 0 Å². The molecule has 15 heteroatoms. The molecule has 2 saturated carbocycles. The number of benzene rings is 3. The second-order valence-electron chi connectivity index (χ2n) is 16.0. The Morgan fingerprint density at radius 3 is 2.37 bits per heavy atom. The number of carbonyl (C=O) groups excluding carboxylic acids is 1. The van der Waals surface area contributed by atoms with Crippen LogP contribution >= 0.6 is 0 Å². The minimum absolute atomic E-state index is 0.00172. The Labute approximate surface area is 348 Å². The molecule has 0 saturated heterocycles. The summed E-state index contributed by atoms with van der Waals surface area (Å²) in [5.41, 5.74) is 2.89. The first-order valence-electron chi connectivity index (χ1n) is 20.7. The van der Waals surface area contributed by atoms with Gasteiger partial charge in [-0.1, -0.05) is 36.2 Å². The molecule has 0 spiro atoms. The Morgan fingerprint density at radius 2 is 1.68 bits per heavy atom. The monoisotopic (exact) mass is 824 g/mol. The van der Waals surface area contributed by atoms with Crippen molar-refractivity contribution in [3.8, 4) is 17.2 Å². The van der Waals surface area contributed by atoms with Gasteiger partial charge in [0.15, 0.2) is 0 Å². The normalized spacial score (nSPS) is 24.6. The summed E-state index contributed by atoms with van der Waals surface area (Å²) in [5.74, 6) is -1.04. The lowest BCUT2D eigenvalue weighted by atomic mass is 9.55. The van der Waals surface area contributed by atoms with E-state index in [0.29, 0.717) is 41.4 Å². The fraction of sp³-hybridized carbons (Fsp3) is 0.467. The van der Waals surface area contributed by atoms with Gasteiger partial charge in [-0.2, -0.15) is 0 Å². The molecule has 1 heterocycles. The topological polar surface area (TPSA) is 196 Å². The van der Waals surface area contributed by atoms with Crippen LogP contribution in [0.2, 0.25) is 0 Å². The standard InChI is InChI=1S/C45H52N4O11/c1-3-23-57-45-41(47(2)44(52)30-15-16-30)27-39(46-58-28-29-13-17-32(18-14-29)48(53)54)37-24-31(9-4-6-21-50)36(12-5-7-22-51)42(43(37)45)38-26-35(19-20-40(38)60-45)59-34-11-8-10-33(25-34)49(55)56/h3,8,10-11,13-14,17-20,24-26,30-31,36,41-43,50-51H,1,4-7,9,12,15-16,21-23,27-28H2,2H3/t31-,36+,41-,42+,43+,45+/m0/s1. The molecule has 318 valence electrons. The Morgan fingerprint density at radius 1 is 0.967 bits per heavy atom. The molecular formula is C45H52N4O11. The highest BCUT2D eigenvalue weighted by Gasteiger charge is 2.65. The van der Waals surface area contributed by atoms with Gasteiger partial charge in [-0.15, -0.1) is 6.58 Å². The minimum Gasteiger partial charge on any atom is -0.459 e. The van der Waals surface area contributed by atoms with Crippen molar-refractivity contribution in [2.75, 3.05) is 26.9 Å². The predicted molar refractivity (Wildman–Crippen MR) is 222 cm³/mol. The van der Waals surface area contributed by atoms with Crippen molar-refractivity contribution < 1.29 is 43.9 Å². The van der Waals surface area contributed by atoms with Crippen LogP contribution < -0.4 is 9.47 Å². The van der Waals surface area contributed by atoms with Gasteiger partial charge in [-0.25, -0.2) is 0 Å². The summed E-state index contributed by atoms with van der Waals surface area (Å²) in [5, 5.41) is 47.4. The van der Waals surface area contributed by atoms with E-state index < -0.39 is 27.6 Å². The summed E-state index contributed by atoms with van der Waals surface area (Å²) < 4.78 is 20.4. The average molecular weight is 825 g/mol. The number of hydrogen-bond acceptors (Lipinski definition) is 12. The molecular weight excluding hydrogens is 773 g/mol. The number of nitro groups is 2. The zero-order valence-corrected chi connectivity index (χ0v) is 33.7. The zero-order valence-electron chi connectivity index (χ0n) is 33.7. The summed E-state index contributed by atoms with van der Waals surface area (Å²) in [6.45, 7) is 4.24.